The average molecular weight is 326 g/mol. The van der Waals surface area contributed by atoms with Crippen molar-refractivity contribution in [2.75, 3.05) is 5.32 Å². The Morgan fingerprint density at radius 1 is 1.09 bits per heavy atom. The Morgan fingerprint density at radius 3 is 2.48 bits per heavy atom. The molecule has 0 unspecified atom stereocenters. The zero-order chi connectivity index (χ0) is 16.1. The minimum Gasteiger partial charge on any atom is -0.342 e. The first-order valence-corrected chi connectivity index (χ1v) is 7.69. The zero-order valence-corrected chi connectivity index (χ0v) is 13.1. The zero-order valence-electron chi connectivity index (χ0n) is 12.4. The van der Waals surface area contributed by atoms with Crippen LogP contribution in [0.5, 0.6) is 0 Å². The summed E-state index contributed by atoms with van der Waals surface area (Å²) in [6, 6.07) is 16.8. The summed E-state index contributed by atoms with van der Waals surface area (Å²) >= 11 is 5.77. The molecule has 1 amide bonds. The summed E-state index contributed by atoms with van der Waals surface area (Å²) in [4.78, 5) is 16.7. The van der Waals surface area contributed by atoms with Crippen molar-refractivity contribution in [2.24, 2.45) is 0 Å². The summed E-state index contributed by atoms with van der Waals surface area (Å²) in [7, 11) is 0. The smallest absolute Gasteiger partial charge is 0.247 e. The Balaban J connectivity index is 1.80. The number of carbonyl (C=O) groups is 1. The van der Waals surface area contributed by atoms with Crippen molar-refractivity contribution in [1.82, 2.24) is 9.55 Å². The fourth-order valence-electron chi connectivity index (χ4n) is 2.40. The summed E-state index contributed by atoms with van der Waals surface area (Å²) in [5.74, 6) is -0.0887. The van der Waals surface area contributed by atoms with Crippen LogP contribution in [-0.4, -0.2) is 15.5 Å². The monoisotopic (exact) mass is 325 g/mol. The fourth-order valence-corrected chi connectivity index (χ4v) is 2.51. The molecule has 2 heterocycles. The molecular weight excluding hydrogens is 310 g/mol. The van der Waals surface area contributed by atoms with Gasteiger partial charge in [0.25, 0.3) is 0 Å². The van der Waals surface area contributed by atoms with Gasteiger partial charge in [-0.05, 0) is 29.8 Å². The molecule has 0 radical (unpaired) electrons. The lowest BCUT2D eigenvalue weighted by atomic mass is 10.1. The number of amides is 1. The van der Waals surface area contributed by atoms with E-state index in [0.717, 1.165) is 5.56 Å². The average Bonchev–Trinajstić information content (AvgIpc) is 3.10. The molecule has 2 aromatic heterocycles. The van der Waals surface area contributed by atoms with Crippen molar-refractivity contribution < 1.29 is 4.79 Å². The van der Waals surface area contributed by atoms with Crippen LogP contribution in [0.2, 0.25) is 5.15 Å². The molecule has 1 atom stereocenters. The second-order valence-corrected chi connectivity index (χ2v) is 5.58. The van der Waals surface area contributed by atoms with Gasteiger partial charge < -0.3 is 9.88 Å². The van der Waals surface area contributed by atoms with Crippen molar-refractivity contribution in [3.05, 3.63) is 83.9 Å². The maximum Gasteiger partial charge on any atom is 0.247 e. The Labute approximate surface area is 139 Å². The Kier molecular flexibility index (Phi) is 4.74. The molecule has 1 N–H and O–H groups in total. The van der Waals surface area contributed by atoms with Crippen molar-refractivity contribution in [3.63, 3.8) is 0 Å². The lowest BCUT2D eigenvalue weighted by Crippen LogP contribution is -2.27. The third kappa shape index (κ3) is 3.99. The first kappa shape index (κ1) is 15.3. The van der Waals surface area contributed by atoms with Crippen LogP contribution in [0.25, 0.3) is 0 Å². The van der Waals surface area contributed by atoms with E-state index < -0.39 is 0 Å². The summed E-state index contributed by atoms with van der Waals surface area (Å²) in [6.45, 7) is 0. The predicted molar refractivity (Wildman–Crippen MR) is 91.5 cm³/mol. The number of hydrogen-bond acceptors (Lipinski definition) is 2. The van der Waals surface area contributed by atoms with E-state index in [1.54, 1.807) is 18.3 Å². The van der Waals surface area contributed by atoms with E-state index in [-0.39, 0.29) is 11.9 Å². The third-order valence-corrected chi connectivity index (χ3v) is 3.78. The SMILES string of the molecule is O=C(Nc1ccc(Cl)nc1)[C@H](Cc1ccccc1)n1cccc1. The maximum atomic E-state index is 12.7. The van der Waals surface area contributed by atoms with Crippen LogP contribution in [0.3, 0.4) is 0 Å². The highest BCUT2D eigenvalue weighted by molar-refractivity contribution is 6.29. The van der Waals surface area contributed by atoms with Crippen molar-refractivity contribution in [2.45, 2.75) is 12.5 Å². The first-order chi connectivity index (χ1) is 11.2. The van der Waals surface area contributed by atoms with Gasteiger partial charge in [-0.3, -0.25) is 4.79 Å². The van der Waals surface area contributed by atoms with Gasteiger partial charge in [-0.25, -0.2) is 4.98 Å². The van der Waals surface area contributed by atoms with Crippen LogP contribution in [0.4, 0.5) is 5.69 Å². The van der Waals surface area contributed by atoms with Crippen molar-refractivity contribution >= 4 is 23.2 Å². The highest BCUT2D eigenvalue weighted by Gasteiger charge is 2.20. The molecule has 0 aliphatic carbocycles. The molecule has 116 valence electrons. The molecule has 0 aliphatic rings. The molecule has 0 saturated carbocycles. The van der Waals surface area contributed by atoms with E-state index >= 15 is 0 Å². The van der Waals surface area contributed by atoms with Gasteiger partial charge in [0, 0.05) is 18.8 Å². The largest absolute Gasteiger partial charge is 0.342 e. The molecule has 1 aromatic carbocycles. The summed E-state index contributed by atoms with van der Waals surface area (Å²) < 4.78 is 1.91. The lowest BCUT2D eigenvalue weighted by Gasteiger charge is -2.19. The van der Waals surface area contributed by atoms with Crippen LogP contribution in [-0.2, 0) is 11.2 Å². The van der Waals surface area contributed by atoms with Gasteiger partial charge in [0.2, 0.25) is 5.91 Å². The number of hydrogen-bond donors (Lipinski definition) is 1. The van der Waals surface area contributed by atoms with Gasteiger partial charge in [-0.1, -0.05) is 41.9 Å². The predicted octanol–water partition coefficient (Wildman–Crippen LogP) is 3.96. The van der Waals surface area contributed by atoms with Gasteiger partial charge in [0.05, 0.1) is 11.9 Å². The fraction of sp³-hybridized carbons (Fsp3) is 0.111. The van der Waals surface area contributed by atoms with E-state index in [1.807, 2.05) is 59.4 Å². The first-order valence-electron chi connectivity index (χ1n) is 7.31. The molecular formula is C18H16ClN3O. The Bertz CT molecular complexity index is 755. The molecule has 0 bridgehead atoms. The van der Waals surface area contributed by atoms with E-state index in [9.17, 15) is 4.79 Å². The van der Waals surface area contributed by atoms with Gasteiger partial charge >= 0.3 is 0 Å². The highest BCUT2D eigenvalue weighted by Crippen LogP contribution is 2.18. The van der Waals surface area contributed by atoms with Gasteiger partial charge in [-0.2, -0.15) is 0 Å². The van der Waals surface area contributed by atoms with E-state index in [0.29, 0.717) is 17.3 Å². The number of pyridine rings is 1. The third-order valence-electron chi connectivity index (χ3n) is 3.56. The highest BCUT2D eigenvalue weighted by atomic mass is 35.5. The van der Waals surface area contributed by atoms with Crippen molar-refractivity contribution in [1.29, 1.82) is 0 Å². The number of carbonyl (C=O) groups excluding carboxylic acids is 1. The minimum absolute atomic E-state index is 0.0887. The summed E-state index contributed by atoms with van der Waals surface area (Å²) in [5, 5.41) is 3.29. The number of benzene rings is 1. The van der Waals surface area contributed by atoms with Gasteiger partial charge in [0.1, 0.15) is 11.2 Å². The lowest BCUT2D eigenvalue weighted by molar-refractivity contribution is -0.119. The van der Waals surface area contributed by atoms with Crippen LogP contribution >= 0.6 is 11.6 Å². The Hall–Kier alpha value is -2.59. The minimum atomic E-state index is -0.330. The molecule has 0 spiro atoms. The Morgan fingerprint density at radius 2 is 1.83 bits per heavy atom. The number of nitrogens with zero attached hydrogens (tertiary/aromatic N) is 2. The van der Waals surface area contributed by atoms with Crippen LogP contribution < -0.4 is 5.32 Å². The second kappa shape index (κ2) is 7.11. The van der Waals surface area contributed by atoms with Gasteiger partial charge in [0.15, 0.2) is 0 Å². The van der Waals surface area contributed by atoms with E-state index in [4.69, 9.17) is 11.6 Å². The number of halogens is 1. The molecule has 0 aliphatic heterocycles. The summed E-state index contributed by atoms with van der Waals surface area (Å²) in [6.07, 6.45) is 5.96. The van der Waals surface area contributed by atoms with Crippen molar-refractivity contribution in [3.8, 4) is 0 Å². The van der Waals surface area contributed by atoms with Crippen LogP contribution in [0.1, 0.15) is 11.6 Å². The number of anilines is 1. The molecule has 23 heavy (non-hydrogen) atoms. The summed E-state index contributed by atoms with van der Waals surface area (Å²) in [5.41, 5.74) is 1.74. The second-order valence-electron chi connectivity index (χ2n) is 5.19. The number of nitrogens with one attached hydrogen (secondary N) is 1. The maximum absolute atomic E-state index is 12.7. The topological polar surface area (TPSA) is 46.9 Å². The molecule has 5 heteroatoms. The van der Waals surface area contributed by atoms with E-state index in [1.165, 1.54) is 0 Å². The standard InChI is InChI=1S/C18H16ClN3O/c19-17-9-8-15(13-20-17)21-18(23)16(22-10-4-5-11-22)12-14-6-2-1-3-7-14/h1-11,13,16H,12H2,(H,21,23)/t16-/m0/s1. The molecule has 3 rings (SSSR count). The normalized spacial score (nSPS) is 11.9. The molecule has 0 fully saturated rings. The molecule has 3 aromatic rings. The van der Waals surface area contributed by atoms with Crippen LogP contribution in [0, 0.1) is 0 Å². The number of rotatable bonds is 5. The quantitative estimate of drug-likeness (QED) is 0.722. The molecule has 4 nitrogen and oxygen atoms in total. The van der Waals surface area contributed by atoms with Crippen LogP contribution in [0.15, 0.2) is 73.2 Å². The van der Waals surface area contributed by atoms with E-state index in [2.05, 4.69) is 10.3 Å². The molecule has 0 saturated heterocycles. The number of aromatic nitrogens is 2. The van der Waals surface area contributed by atoms with Gasteiger partial charge in [-0.15, -0.1) is 0 Å².